The molecule has 5 nitrogen and oxygen atoms in total. The predicted molar refractivity (Wildman–Crippen MR) is 83.5 cm³/mol. The molecule has 0 radical (unpaired) electrons. The Labute approximate surface area is 125 Å². The summed E-state index contributed by atoms with van der Waals surface area (Å²) in [6.07, 6.45) is 6.77. The third-order valence-electron chi connectivity index (χ3n) is 4.46. The number of rotatable bonds is 6. The summed E-state index contributed by atoms with van der Waals surface area (Å²) in [5.41, 5.74) is 7.08. The third-order valence-corrected chi connectivity index (χ3v) is 4.46. The molecule has 1 aliphatic carbocycles. The Kier molecular flexibility index (Phi) is 4.10. The first-order chi connectivity index (χ1) is 10.1. The van der Waals surface area contributed by atoms with Crippen LogP contribution in [0, 0.1) is 12.8 Å². The van der Waals surface area contributed by atoms with Gasteiger partial charge in [0.25, 0.3) is 5.91 Å². The minimum absolute atomic E-state index is 0.379. The van der Waals surface area contributed by atoms with Crippen molar-refractivity contribution in [1.82, 2.24) is 10.3 Å². The first-order valence-corrected chi connectivity index (χ1v) is 7.89. The van der Waals surface area contributed by atoms with Crippen LogP contribution in [0.5, 0.6) is 0 Å². The van der Waals surface area contributed by atoms with E-state index >= 15 is 0 Å². The van der Waals surface area contributed by atoms with Gasteiger partial charge in [-0.1, -0.05) is 0 Å². The quantitative estimate of drug-likeness (QED) is 0.831. The minimum Gasteiger partial charge on any atom is -0.365 e. The van der Waals surface area contributed by atoms with Crippen LogP contribution in [0.25, 0.3) is 0 Å². The molecular formula is C16H24N4O. The maximum atomic E-state index is 11.8. The predicted octanol–water partition coefficient (Wildman–Crippen LogP) is 1.46. The molecule has 114 valence electrons. The lowest BCUT2D eigenvalue weighted by atomic mass is 10.1. The zero-order chi connectivity index (χ0) is 14.8. The van der Waals surface area contributed by atoms with Crippen LogP contribution in [0.3, 0.4) is 0 Å². The summed E-state index contributed by atoms with van der Waals surface area (Å²) < 4.78 is 0. The van der Waals surface area contributed by atoms with Crippen molar-refractivity contribution in [2.24, 2.45) is 11.7 Å². The number of pyridine rings is 1. The molecule has 1 saturated carbocycles. The Morgan fingerprint density at radius 1 is 1.43 bits per heavy atom. The van der Waals surface area contributed by atoms with Crippen molar-refractivity contribution in [2.75, 3.05) is 24.5 Å². The second kappa shape index (κ2) is 6.02. The molecule has 1 atom stereocenters. The van der Waals surface area contributed by atoms with Crippen molar-refractivity contribution < 1.29 is 4.79 Å². The Bertz CT molecular complexity index is 521. The minimum atomic E-state index is -0.379. The number of primary amides is 1. The second-order valence-corrected chi connectivity index (χ2v) is 6.33. The van der Waals surface area contributed by atoms with E-state index in [2.05, 4.69) is 15.2 Å². The number of amides is 1. The van der Waals surface area contributed by atoms with Crippen molar-refractivity contribution in [3.05, 3.63) is 23.4 Å². The van der Waals surface area contributed by atoms with E-state index in [0.717, 1.165) is 36.9 Å². The zero-order valence-electron chi connectivity index (χ0n) is 12.6. The number of anilines is 1. The smallest absolute Gasteiger partial charge is 0.252 e. The van der Waals surface area contributed by atoms with Crippen LogP contribution in [-0.2, 0) is 0 Å². The molecule has 5 heteroatoms. The van der Waals surface area contributed by atoms with E-state index in [-0.39, 0.29) is 5.91 Å². The number of aromatic nitrogens is 1. The van der Waals surface area contributed by atoms with Gasteiger partial charge in [0.1, 0.15) is 5.82 Å². The fourth-order valence-corrected chi connectivity index (χ4v) is 3.13. The van der Waals surface area contributed by atoms with E-state index < -0.39 is 0 Å². The highest BCUT2D eigenvalue weighted by Gasteiger charge is 2.29. The van der Waals surface area contributed by atoms with Gasteiger partial charge in [0, 0.05) is 25.3 Å². The van der Waals surface area contributed by atoms with E-state index in [9.17, 15) is 4.79 Å². The molecule has 0 spiro atoms. The van der Waals surface area contributed by atoms with Gasteiger partial charge in [-0.15, -0.1) is 0 Å². The number of hydrogen-bond acceptors (Lipinski definition) is 4. The molecule has 1 unspecified atom stereocenters. The molecule has 0 bridgehead atoms. The summed E-state index contributed by atoms with van der Waals surface area (Å²) in [7, 11) is 0. The molecule has 2 aliphatic rings. The van der Waals surface area contributed by atoms with Gasteiger partial charge in [-0.3, -0.25) is 4.79 Å². The summed E-state index contributed by atoms with van der Waals surface area (Å²) in [5, 5.41) is 3.53. The SMILES string of the molecule is Cc1ccnc(N(CC2CC2)CC2CCCN2)c1C(N)=O. The number of aryl methyl sites for hydroxylation is 1. The number of carbonyl (C=O) groups is 1. The lowest BCUT2D eigenvalue weighted by molar-refractivity contribution is 0.1000. The Balaban J connectivity index is 1.87. The number of hydrogen-bond donors (Lipinski definition) is 2. The van der Waals surface area contributed by atoms with Gasteiger partial charge in [0.15, 0.2) is 0 Å². The van der Waals surface area contributed by atoms with Crippen molar-refractivity contribution in [2.45, 2.75) is 38.6 Å². The molecule has 1 aromatic rings. The van der Waals surface area contributed by atoms with Crippen molar-refractivity contribution >= 4 is 11.7 Å². The number of carbonyl (C=O) groups excluding carboxylic acids is 1. The van der Waals surface area contributed by atoms with Crippen LogP contribution in [-0.4, -0.2) is 36.6 Å². The average molecular weight is 288 g/mol. The highest BCUT2D eigenvalue weighted by molar-refractivity contribution is 5.99. The van der Waals surface area contributed by atoms with Crippen LogP contribution < -0.4 is 16.0 Å². The third kappa shape index (κ3) is 3.35. The summed E-state index contributed by atoms with van der Waals surface area (Å²) in [5.74, 6) is 1.13. The molecule has 2 heterocycles. The Morgan fingerprint density at radius 3 is 2.86 bits per heavy atom. The van der Waals surface area contributed by atoms with Crippen molar-refractivity contribution in [1.29, 1.82) is 0 Å². The topological polar surface area (TPSA) is 71.2 Å². The van der Waals surface area contributed by atoms with Gasteiger partial charge in [-0.25, -0.2) is 4.98 Å². The molecule has 1 aliphatic heterocycles. The van der Waals surface area contributed by atoms with E-state index in [0.29, 0.717) is 11.6 Å². The van der Waals surface area contributed by atoms with E-state index in [1.54, 1.807) is 6.20 Å². The molecule has 3 N–H and O–H groups in total. The largest absolute Gasteiger partial charge is 0.365 e. The maximum absolute atomic E-state index is 11.8. The highest BCUT2D eigenvalue weighted by atomic mass is 16.1. The lowest BCUT2D eigenvalue weighted by Gasteiger charge is -2.28. The average Bonchev–Trinajstić information content (AvgIpc) is 3.11. The fourth-order valence-electron chi connectivity index (χ4n) is 3.13. The van der Waals surface area contributed by atoms with Gasteiger partial charge in [-0.05, 0) is 56.7 Å². The summed E-state index contributed by atoms with van der Waals surface area (Å²) in [4.78, 5) is 18.6. The van der Waals surface area contributed by atoms with Gasteiger partial charge < -0.3 is 16.0 Å². The molecular weight excluding hydrogens is 264 g/mol. The second-order valence-electron chi connectivity index (χ2n) is 6.33. The van der Waals surface area contributed by atoms with Gasteiger partial charge in [-0.2, -0.15) is 0 Å². The molecule has 3 rings (SSSR count). The van der Waals surface area contributed by atoms with Crippen LogP contribution in [0.2, 0.25) is 0 Å². The fraction of sp³-hybridized carbons (Fsp3) is 0.625. The van der Waals surface area contributed by atoms with E-state index in [1.165, 1.54) is 25.7 Å². The van der Waals surface area contributed by atoms with Crippen molar-refractivity contribution in [3.8, 4) is 0 Å². The van der Waals surface area contributed by atoms with Gasteiger partial charge in [0.05, 0.1) is 5.56 Å². The Hall–Kier alpha value is -1.62. The summed E-state index contributed by atoms with van der Waals surface area (Å²) >= 11 is 0. The molecule has 21 heavy (non-hydrogen) atoms. The zero-order valence-corrected chi connectivity index (χ0v) is 12.6. The normalized spacial score (nSPS) is 21.5. The first kappa shape index (κ1) is 14.3. The monoisotopic (exact) mass is 288 g/mol. The molecule has 0 aromatic carbocycles. The molecule has 1 saturated heterocycles. The number of nitrogens with two attached hydrogens (primary N) is 1. The Morgan fingerprint density at radius 2 is 2.24 bits per heavy atom. The lowest BCUT2D eigenvalue weighted by Crippen LogP contribution is -2.40. The van der Waals surface area contributed by atoms with Crippen LogP contribution >= 0.6 is 0 Å². The maximum Gasteiger partial charge on any atom is 0.252 e. The van der Waals surface area contributed by atoms with Crippen LogP contribution in [0.1, 0.15) is 41.6 Å². The summed E-state index contributed by atoms with van der Waals surface area (Å²) in [6, 6.07) is 2.35. The van der Waals surface area contributed by atoms with E-state index in [4.69, 9.17) is 5.73 Å². The van der Waals surface area contributed by atoms with Gasteiger partial charge in [0.2, 0.25) is 0 Å². The standard InChI is InChI=1S/C16H24N4O/c1-11-6-8-19-16(14(11)15(17)21)20(9-12-4-5-12)10-13-3-2-7-18-13/h6,8,12-13,18H,2-5,7,9-10H2,1H3,(H2,17,21). The molecule has 1 aromatic heterocycles. The highest BCUT2D eigenvalue weighted by Crippen LogP contribution is 2.32. The molecule has 2 fully saturated rings. The molecule has 1 amide bonds. The summed E-state index contributed by atoms with van der Waals surface area (Å²) in [6.45, 7) is 4.91. The first-order valence-electron chi connectivity index (χ1n) is 7.89. The van der Waals surface area contributed by atoms with Crippen molar-refractivity contribution in [3.63, 3.8) is 0 Å². The van der Waals surface area contributed by atoms with Crippen LogP contribution in [0.15, 0.2) is 12.3 Å². The number of nitrogens with zero attached hydrogens (tertiary/aromatic N) is 2. The number of nitrogens with one attached hydrogen (secondary N) is 1. The van der Waals surface area contributed by atoms with E-state index in [1.807, 2.05) is 13.0 Å². The van der Waals surface area contributed by atoms with Gasteiger partial charge >= 0.3 is 0 Å². The van der Waals surface area contributed by atoms with Crippen LogP contribution in [0.4, 0.5) is 5.82 Å².